The predicted molar refractivity (Wildman–Crippen MR) is 100 cm³/mol. The van der Waals surface area contributed by atoms with Crippen LogP contribution in [-0.2, 0) is 4.79 Å². The fraction of sp³-hybridized carbons (Fsp3) is 0.100. The van der Waals surface area contributed by atoms with Crippen molar-refractivity contribution in [3.05, 3.63) is 59.8 Å². The van der Waals surface area contributed by atoms with Crippen LogP contribution in [0.2, 0.25) is 0 Å². The van der Waals surface area contributed by atoms with Crippen molar-refractivity contribution in [2.75, 3.05) is 19.5 Å². The number of nitrogens with zero attached hydrogens (tertiary/aromatic N) is 1. The molecule has 0 unspecified atom stereocenters. The third kappa shape index (κ3) is 3.37. The van der Waals surface area contributed by atoms with E-state index in [0.29, 0.717) is 17.2 Å². The number of amides is 1. The monoisotopic (exact) mass is 347 g/mol. The van der Waals surface area contributed by atoms with Crippen LogP contribution < -0.4 is 14.8 Å². The Bertz CT molecular complexity index is 1030. The van der Waals surface area contributed by atoms with Gasteiger partial charge in [-0.25, -0.2) is 0 Å². The Morgan fingerprint density at radius 1 is 1.19 bits per heavy atom. The Balaban J connectivity index is 1.92. The lowest BCUT2D eigenvalue weighted by molar-refractivity contribution is -0.112. The maximum absolute atomic E-state index is 12.6. The van der Waals surface area contributed by atoms with E-state index in [1.54, 1.807) is 30.5 Å². The summed E-state index contributed by atoms with van der Waals surface area (Å²) < 4.78 is 10.4. The second-order valence-electron chi connectivity index (χ2n) is 5.48. The third-order valence-electron chi connectivity index (χ3n) is 3.94. The molecule has 0 aliphatic heterocycles. The zero-order chi connectivity index (χ0) is 18.5. The first-order valence-corrected chi connectivity index (χ1v) is 7.87. The highest BCUT2D eigenvalue weighted by molar-refractivity contribution is 6.11. The van der Waals surface area contributed by atoms with E-state index in [2.05, 4.69) is 10.3 Å². The molecule has 0 spiro atoms. The summed E-state index contributed by atoms with van der Waals surface area (Å²) >= 11 is 0. The fourth-order valence-electron chi connectivity index (χ4n) is 2.62. The summed E-state index contributed by atoms with van der Waals surface area (Å²) in [7, 11) is 3.04. The summed E-state index contributed by atoms with van der Waals surface area (Å²) in [4.78, 5) is 15.7. The molecule has 0 aliphatic rings. The van der Waals surface area contributed by atoms with Crippen LogP contribution >= 0.6 is 0 Å². The van der Waals surface area contributed by atoms with Crippen LogP contribution in [0.25, 0.3) is 17.0 Å². The van der Waals surface area contributed by atoms with Crippen molar-refractivity contribution < 1.29 is 14.3 Å². The van der Waals surface area contributed by atoms with E-state index in [4.69, 9.17) is 9.47 Å². The van der Waals surface area contributed by atoms with Gasteiger partial charge in [-0.2, -0.15) is 5.26 Å². The minimum absolute atomic E-state index is 0.0142. The number of carbonyl (C=O) groups excluding carboxylic acids is 1. The molecule has 0 radical (unpaired) electrons. The van der Waals surface area contributed by atoms with Gasteiger partial charge in [0.1, 0.15) is 23.1 Å². The van der Waals surface area contributed by atoms with Crippen LogP contribution in [0.15, 0.2) is 54.2 Å². The molecular weight excluding hydrogens is 330 g/mol. The number of ether oxygens (including phenoxy) is 2. The summed E-state index contributed by atoms with van der Waals surface area (Å²) in [5.74, 6) is 0.521. The summed E-state index contributed by atoms with van der Waals surface area (Å²) in [5, 5.41) is 13.1. The maximum atomic E-state index is 12.6. The van der Waals surface area contributed by atoms with Gasteiger partial charge in [-0.1, -0.05) is 18.2 Å². The Morgan fingerprint density at radius 2 is 2.00 bits per heavy atom. The molecular formula is C20H17N3O3. The topological polar surface area (TPSA) is 87.1 Å². The lowest BCUT2D eigenvalue weighted by Crippen LogP contribution is -2.14. The van der Waals surface area contributed by atoms with Gasteiger partial charge in [-0.3, -0.25) is 4.79 Å². The quantitative estimate of drug-likeness (QED) is 0.544. The molecule has 3 rings (SSSR count). The number of methoxy groups -OCH3 is 2. The standard InChI is InChI=1S/C20H17N3O3/c1-25-15-7-8-19(26-2)18(10-15)23-20(24)13(11-21)9-14-12-22-17-6-4-3-5-16(14)17/h3-10,12,22H,1-2H3,(H,23,24)/b13-9+. The first-order chi connectivity index (χ1) is 12.7. The minimum atomic E-state index is -0.524. The van der Waals surface area contributed by atoms with Crippen molar-refractivity contribution in [2.24, 2.45) is 0 Å². The molecule has 0 saturated heterocycles. The first-order valence-electron chi connectivity index (χ1n) is 7.87. The summed E-state index contributed by atoms with van der Waals surface area (Å²) in [6.45, 7) is 0. The molecule has 0 fully saturated rings. The number of hydrogen-bond acceptors (Lipinski definition) is 4. The first kappa shape index (κ1) is 17.1. The van der Waals surface area contributed by atoms with Gasteiger partial charge in [-0.15, -0.1) is 0 Å². The molecule has 26 heavy (non-hydrogen) atoms. The molecule has 6 nitrogen and oxygen atoms in total. The second-order valence-corrected chi connectivity index (χ2v) is 5.48. The second kappa shape index (κ2) is 7.45. The van der Waals surface area contributed by atoms with Gasteiger partial charge in [0.05, 0.1) is 19.9 Å². The number of para-hydroxylation sites is 1. The van der Waals surface area contributed by atoms with Crippen LogP contribution in [0.4, 0.5) is 5.69 Å². The van der Waals surface area contributed by atoms with E-state index in [1.807, 2.05) is 30.3 Å². The SMILES string of the molecule is COc1ccc(OC)c(NC(=O)/C(C#N)=C/c2c[nH]c3ccccc23)c1. The summed E-state index contributed by atoms with van der Waals surface area (Å²) in [5.41, 5.74) is 2.12. The number of hydrogen-bond donors (Lipinski definition) is 2. The molecule has 0 atom stereocenters. The fourth-order valence-corrected chi connectivity index (χ4v) is 2.62. The van der Waals surface area contributed by atoms with Gasteiger partial charge in [-0.05, 0) is 24.3 Å². The maximum Gasteiger partial charge on any atom is 0.266 e. The molecule has 0 bridgehead atoms. The van der Waals surface area contributed by atoms with Crippen LogP contribution in [0.5, 0.6) is 11.5 Å². The van der Waals surface area contributed by atoms with E-state index >= 15 is 0 Å². The average molecular weight is 347 g/mol. The lowest BCUT2D eigenvalue weighted by atomic mass is 10.1. The number of aromatic nitrogens is 1. The van der Waals surface area contributed by atoms with Gasteiger partial charge in [0.2, 0.25) is 0 Å². The molecule has 130 valence electrons. The van der Waals surface area contributed by atoms with Crippen LogP contribution in [0, 0.1) is 11.3 Å². The number of aromatic amines is 1. The number of rotatable bonds is 5. The normalized spacial score (nSPS) is 11.0. The van der Waals surface area contributed by atoms with Gasteiger partial charge >= 0.3 is 0 Å². The number of benzene rings is 2. The van der Waals surface area contributed by atoms with E-state index in [1.165, 1.54) is 14.2 Å². The number of nitrogens with one attached hydrogen (secondary N) is 2. The van der Waals surface area contributed by atoms with Crippen LogP contribution in [-0.4, -0.2) is 25.1 Å². The highest BCUT2D eigenvalue weighted by Crippen LogP contribution is 2.29. The summed E-state index contributed by atoms with van der Waals surface area (Å²) in [6.07, 6.45) is 3.32. The van der Waals surface area contributed by atoms with Crippen molar-refractivity contribution in [3.8, 4) is 17.6 Å². The van der Waals surface area contributed by atoms with Crippen molar-refractivity contribution in [1.29, 1.82) is 5.26 Å². The molecule has 1 aromatic heterocycles. The van der Waals surface area contributed by atoms with E-state index in [9.17, 15) is 10.1 Å². The average Bonchev–Trinajstić information content (AvgIpc) is 3.08. The van der Waals surface area contributed by atoms with Gasteiger partial charge in [0.15, 0.2) is 0 Å². The van der Waals surface area contributed by atoms with E-state index in [0.717, 1.165) is 16.5 Å². The third-order valence-corrected chi connectivity index (χ3v) is 3.94. The zero-order valence-electron chi connectivity index (χ0n) is 14.4. The lowest BCUT2D eigenvalue weighted by Gasteiger charge is -2.11. The number of carbonyl (C=O) groups is 1. The highest BCUT2D eigenvalue weighted by atomic mass is 16.5. The zero-order valence-corrected chi connectivity index (χ0v) is 14.4. The van der Waals surface area contributed by atoms with E-state index in [-0.39, 0.29) is 5.57 Å². The Kier molecular flexibility index (Phi) is 4.90. The molecule has 1 heterocycles. The van der Waals surface area contributed by atoms with Crippen molar-refractivity contribution in [1.82, 2.24) is 4.98 Å². The van der Waals surface area contributed by atoms with Gasteiger partial charge in [0, 0.05) is 28.7 Å². The molecule has 6 heteroatoms. The van der Waals surface area contributed by atoms with Crippen LogP contribution in [0.3, 0.4) is 0 Å². The van der Waals surface area contributed by atoms with Gasteiger partial charge < -0.3 is 19.8 Å². The molecule has 0 aliphatic carbocycles. The molecule has 1 amide bonds. The molecule has 2 aromatic carbocycles. The Morgan fingerprint density at radius 3 is 2.73 bits per heavy atom. The molecule has 0 saturated carbocycles. The van der Waals surface area contributed by atoms with Crippen LogP contribution in [0.1, 0.15) is 5.56 Å². The highest BCUT2D eigenvalue weighted by Gasteiger charge is 2.14. The van der Waals surface area contributed by atoms with Crippen molar-refractivity contribution in [3.63, 3.8) is 0 Å². The van der Waals surface area contributed by atoms with Gasteiger partial charge in [0.25, 0.3) is 5.91 Å². The predicted octanol–water partition coefficient (Wildman–Crippen LogP) is 3.73. The van der Waals surface area contributed by atoms with E-state index < -0.39 is 5.91 Å². The number of nitriles is 1. The molecule has 3 aromatic rings. The molecule has 2 N–H and O–H groups in total. The minimum Gasteiger partial charge on any atom is -0.497 e. The Labute approximate surface area is 150 Å². The smallest absolute Gasteiger partial charge is 0.266 e. The van der Waals surface area contributed by atoms with Crippen molar-refractivity contribution >= 4 is 28.6 Å². The number of H-pyrrole nitrogens is 1. The van der Waals surface area contributed by atoms with Crippen molar-refractivity contribution in [2.45, 2.75) is 0 Å². The number of anilines is 1. The summed E-state index contributed by atoms with van der Waals surface area (Å²) in [6, 6.07) is 14.7. The Hall–Kier alpha value is -3.72. The number of fused-ring (bicyclic) bond motifs is 1. The largest absolute Gasteiger partial charge is 0.497 e.